The van der Waals surface area contributed by atoms with Crippen LogP contribution in [0.2, 0.25) is 0 Å². The number of hydrogen-bond donors (Lipinski definition) is 0. The maximum Gasteiger partial charge on any atom is 0.127 e. The van der Waals surface area contributed by atoms with Crippen molar-refractivity contribution in [3.8, 4) is 0 Å². The van der Waals surface area contributed by atoms with Crippen LogP contribution in [0.25, 0.3) is 11.0 Å². The third-order valence-corrected chi connectivity index (χ3v) is 5.46. The molecule has 1 aliphatic carbocycles. The first-order chi connectivity index (χ1) is 10.1. The summed E-state index contributed by atoms with van der Waals surface area (Å²) in [5.41, 5.74) is 2.24. The lowest BCUT2D eigenvalue weighted by molar-refractivity contribution is 0.264. The zero-order valence-electron chi connectivity index (χ0n) is 12.6. The standard InChI is InChI=1S/C17H22BrClN2/c1-11(19)17-20-15-10-14(18)8-9-16(15)21(17)12(2)13-6-4-3-5-7-13/h8-13H,3-7H2,1-2H3. The lowest BCUT2D eigenvalue weighted by Crippen LogP contribution is -2.21. The fourth-order valence-corrected chi connectivity index (χ4v) is 4.13. The molecule has 0 spiro atoms. The van der Waals surface area contributed by atoms with E-state index in [9.17, 15) is 0 Å². The molecule has 2 unspecified atom stereocenters. The molecule has 0 bridgehead atoms. The van der Waals surface area contributed by atoms with Gasteiger partial charge in [0.1, 0.15) is 5.82 Å². The highest BCUT2D eigenvalue weighted by Crippen LogP contribution is 2.37. The molecule has 4 heteroatoms. The van der Waals surface area contributed by atoms with Gasteiger partial charge >= 0.3 is 0 Å². The van der Waals surface area contributed by atoms with Crippen LogP contribution in [0.4, 0.5) is 0 Å². The Kier molecular flexibility index (Phi) is 4.60. The summed E-state index contributed by atoms with van der Waals surface area (Å²) >= 11 is 9.94. The van der Waals surface area contributed by atoms with Gasteiger partial charge in [-0.25, -0.2) is 4.98 Å². The molecule has 1 aliphatic rings. The highest BCUT2D eigenvalue weighted by atomic mass is 79.9. The van der Waals surface area contributed by atoms with Crippen molar-refractivity contribution in [1.29, 1.82) is 0 Å². The number of benzene rings is 1. The van der Waals surface area contributed by atoms with E-state index in [0.717, 1.165) is 21.7 Å². The van der Waals surface area contributed by atoms with Crippen LogP contribution in [0.3, 0.4) is 0 Å². The van der Waals surface area contributed by atoms with Crippen molar-refractivity contribution in [2.24, 2.45) is 5.92 Å². The lowest BCUT2D eigenvalue weighted by atomic mass is 9.84. The van der Waals surface area contributed by atoms with E-state index in [4.69, 9.17) is 16.6 Å². The van der Waals surface area contributed by atoms with Crippen LogP contribution in [0.5, 0.6) is 0 Å². The van der Waals surface area contributed by atoms with Crippen LogP contribution in [-0.2, 0) is 0 Å². The van der Waals surface area contributed by atoms with Gasteiger partial charge in [-0.15, -0.1) is 11.6 Å². The van der Waals surface area contributed by atoms with Crippen LogP contribution in [-0.4, -0.2) is 9.55 Å². The van der Waals surface area contributed by atoms with Crippen molar-refractivity contribution in [3.05, 3.63) is 28.5 Å². The summed E-state index contributed by atoms with van der Waals surface area (Å²) in [7, 11) is 0. The Morgan fingerprint density at radius 3 is 2.62 bits per heavy atom. The lowest BCUT2D eigenvalue weighted by Gasteiger charge is -2.30. The summed E-state index contributed by atoms with van der Waals surface area (Å²) in [5, 5.41) is -0.0674. The van der Waals surface area contributed by atoms with E-state index < -0.39 is 0 Å². The minimum atomic E-state index is -0.0674. The van der Waals surface area contributed by atoms with Gasteiger partial charge < -0.3 is 4.57 Å². The topological polar surface area (TPSA) is 17.8 Å². The molecule has 0 N–H and O–H groups in total. The number of aromatic nitrogens is 2. The predicted octanol–water partition coefficient (Wildman–Crippen LogP) is 6.24. The van der Waals surface area contributed by atoms with Gasteiger partial charge in [0.2, 0.25) is 0 Å². The van der Waals surface area contributed by atoms with E-state index >= 15 is 0 Å². The average Bonchev–Trinajstić information content (AvgIpc) is 2.86. The van der Waals surface area contributed by atoms with E-state index in [1.54, 1.807) is 0 Å². The molecule has 0 saturated heterocycles. The molecule has 2 nitrogen and oxygen atoms in total. The Morgan fingerprint density at radius 2 is 1.95 bits per heavy atom. The Morgan fingerprint density at radius 1 is 1.24 bits per heavy atom. The van der Waals surface area contributed by atoms with Crippen LogP contribution in [0.15, 0.2) is 22.7 Å². The van der Waals surface area contributed by atoms with E-state index in [-0.39, 0.29) is 5.38 Å². The van der Waals surface area contributed by atoms with E-state index in [1.165, 1.54) is 37.6 Å². The van der Waals surface area contributed by atoms with Crippen molar-refractivity contribution in [2.45, 2.75) is 57.4 Å². The average molecular weight is 370 g/mol. The van der Waals surface area contributed by atoms with E-state index in [1.807, 2.05) is 6.92 Å². The third kappa shape index (κ3) is 3.00. The predicted molar refractivity (Wildman–Crippen MR) is 93.0 cm³/mol. The smallest absolute Gasteiger partial charge is 0.127 e. The normalized spacial score (nSPS) is 19.8. The maximum atomic E-state index is 6.41. The number of fused-ring (bicyclic) bond motifs is 1. The number of imidazole rings is 1. The van der Waals surface area contributed by atoms with Crippen LogP contribution in [0.1, 0.15) is 63.2 Å². The third-order valence-electron chi connectivity index (χ3n) is 4.77. The van der Waals surface area contributed by atoms with Crippen LogP contribution < -0.4 is 0 Å². The van der Waals surface area contributed by atoms with Gasteiger partial charge in [0, 0.05) is 10.5 Å². The number of nitrogens with zero attached hydrogens (tertiary/aromatic N) is 2. The molecular formula is C17H22BrClN2. The molecule has 1 saturated carbocycles. The Hall–Kier alpha value is -0.540. The van der Waals surface area contributed by atoms with Gasteiger partial charge in [-0.2, -0.15) is 0 Å². The summed E-state index contributed by atoms with van der Waals surface area (Å²) in [4.78, 5) is 4.79. The van der Waals surface area contributed by atoms with Crippen molar-refractivity contribution in [1.82, 2.24) is 9.55 Å². The molecule has 3 rings (SSSR count). The Bertz CT molecular complexity index is 629. The minimum absolute atomic E-state index is 0.0674. The maximum absolute atomic E-state index is 6.41. The number of hydrogen-bond acceptors (Lipinski definition) is 1. The first-order valence-corrected chi connectivity index (χ1v) is 9.12. The first-order valence-electron chi connectivity index (χ1n) is 7.89. The molecule has 2 aromatic rings. The molecule has 0 radical (unpaired) electrons. The second kappa shape index (κ2) is 6.29. The van der Waals surface area contributed by atoms with Crippen molar-refractivity contribution < 1.29 is 0 Å². The molecule has 114 valence electrons. The Balaban J connectivity index is 2.07. The number of alkyl halides is 1. The molecule has 1 heterocycles. The van der Waals surface area contributed by atoms with Crippen LogP contribution >= 0.6 is 27.5 Å². The van der Waals surface area contributed by atoms with Crippen molar-refractivity contribution >= 4 is 38.6 Å². The number of rotatable bonds is 3. The highest BCUT2D eigenvalue weighted by Gasteiger charge is 2.26. The summed E-state index contributed by atoms with van der Waals surface area (Å²) in [6.07, 6.45) is 6.76. The summed E-state index contributed by atoms with van der Waals surface area (Å²) in [5.74, 6) is 1.75. The van der Waals surface area contributed by atoms with Crippen molar-refractivity contribution in [3.63, 3.8) is 0 Å². The van der Waals surface area contributed by atoms with Gasteiger partial charge in [-0.1, -0.05) is 35.2 Å². The summed E-state index contributed by atoms with van der Waals surface area (Å²) in [6, 6.07) is 6.81. The van der Waals surface area contributed by atoms with Crippen LogP contribution in [0, 0.1) is 5.92 Å². The summed E-state index contributed by atoms with van der Waals surface area (Å²) < 4.78 is 3.45. The SMILES string of the molecule is CC(Cl)c1nc2cc(Br)ccc2n1C(C)C1CCCCC1. The fourth-order valence-electron chi connectivity index (χ4n) is 3.63. The van der Waals surface area contributed by atoms with Gasteiger partial charge in [-0.3, -0.25) is 0 Å². The quantitative estimate of drug-likeness (QED) is 0.585. The first kappa shape index (κ1) is 15.4. The molecule has 0 amide bonds. The zero-order valence-corrected chi connectivity index (χ0v) is 15.0. The minimum Gasteiger partial charge on any atom is -0.324 e. The van der Waals surface area contributed by atoms with Gasteiger partial charge in [-0.05, 0) is 50.8 Å². The Labute approximate surface area is 140 Å². The molecule has 1 fully saturated rings. The fraction of sp³-hybridized carbons (Fsp3) is 0.588. The molecule has 2 atom stereocenters. The second-order valence-electron chi connectivity index (χ2n) is 6.23. The molecular weight excluding hydrogens is 348 g/mol. The second-order valence-corrected chi connectivity index (χ2v) is 7.80. The molecule has 21 heavy (non-hydrogen) atoms. The molecule has 1 aromatic heterocycles. The van der Waals surface area contributed by atoms with Crippen molar-refractivity contribution in [2.75, 3.05) is 0 Å². The molecule has 0 aliphatic heterocycles. The summed E-state index contributed by atoms with van der Waals surface area (Å²) in [6.45, 7) is 4.35. The zero-order chi connectivity index (χ0) is 15.0. The van der Waals surface area contributed by atoms with Gasteiger partial charge in [0.15, 0.2) is 0 Å². The van der Waals surface area contributed by atoms with E-state index in [2.05, 4.69) is 45.6 Å². The van der Waals surface area contributed by atoms with Gasteiger partial charge in [0.05, 0.1) is 16.4 Å². The van der Waals surface area contributed by atoms with Gasteiger partial charge in [0.25, 0.3) is 0 Å². The highest BCUT2D eigenvalue weighted by molar-refractivity contribution is 9.10. The molecule has 1 aromatic carbocycles. The number of halogens is 2. The van der Waals surface area contributed by atoms with E-state index in [0.29, 0.717) is 6.04 Å². The monoisotopic (exact) mass is 368 g/mol. The largest absolute Gasteiger partial charge is 0.324 e.